The average Bonchev–Trinajstić information content (AvgIpc) is 2.72. The number of β-amino-alcohol motifs (C(OH)–C–C–N with tert-alkyl or cyclic N) is 1. The predicted octanol–water partition coefficient (Wildman–Crippen LogP) is 0.180. The van der Waals surface area contributed by atoms with Gasteiger partial charge in [0.1, 0.15) is 0 Å². The van der Waals surface area contributed by atoms with E-state index in [1.165, 1.54) is 0 Å². The Bertz CT molecular complexity index is 410. The van der Waals surface area contributed by atoms with Crippen LogP contribution in [0.15, 0.2) is 12.2 Å². The lowest BCUT2D eigenvalue weighted by Gasteiger charge is -2.30. The molecule has 2 rings (SSSR count). The SMILES string of the molecule is O=C(O)C1CC=CCC1C(=O)N1CCCN(CCO)CC1. The zero-order valence-electron chi connectivity index (χ0n) is 12.3. The molecule has 0 saturated carbocycles. The molecule has 0 bridgehead atoms. The summed E-state index contributed by atoms with van der Waals surface area (Å²) in [5.74, 6) is -1.94. The van der Waals surface area contributed by atoms with E-state index in [9.17, 15) is 14.7 Å². The fraction of sp³-hybridized carbons (Fsp3) is 0.733. The van der Waals surface area contributed by atoms with Crippen molar-refractivity contribution >= 4 is 11.9 Å². The van der Waals surface area contributed by atoms with E-state index in [0.717, 1.165) is 19.5 Å². The van der Waals surface area contributed by atoms with E-state index in [4.69, 9.17) is 5.11 Å². The normalized spacial score (nSPS) is 27.4. The summed E-state index contributed by atoms with van der Waals surface area (Å²) in [5, 5.41) is 18.3. The lowest BCUT2D eigenvalue weighted by molar-refractivity contribution is -0.150. The minimum Gasteiger partial charge on any atom is -0.481 e. The fourth-order valence-electron chi connectivity index (χ4n) is 3.15. The second-order valence-electron chi connectivity index (χ2n) is 5.74. The van der Waals surface area contributed by atoms with E-state index in [2.05, 4.69) is 4.90 Å². The molecular weight excluding hydrogens is 272 g/mol. The van der Waals surface area contributed by atoms with Crippen LogP contribution in [0.3, 0.4) is 0 Å². The molecule has 6 nitrogen and oxygen atoms in total. The van der Waals surface area contributed by atoms with Crippen LogP contribution in [0.2, 0.25) is 0 Å². The van der Waals surface area contributed by atoms with Crippen LogP contribution < -0.4 is 0 Å². The standard InChI is InChI=1S/C15H24N2O4/c18-11-10-16-6-3-7-17(9-8-16)14(19)12-4-1-2-5-13(12)15(20)21/h1-2,12-13,18H,3-11H2,(H,20,21). The number of rotatable bonds is 4. The molecule has 2 unspecified atom stereocenters. The van der Waals surface area contributed by atoms with Crippen LogP contribution in [0.25, 0.3) is 0 Å². The molecule has 1 aliphatic heterocycles. The van der Waals surface area contributed by atoms with Gasteiger partial charge in [0.05, 0.1) is 18.4 Å². The largest absolute Gasteiger partial charge is 0.481 e. The van der Waals surface area contributed by atoms with Gasteiger partial charge in [0.15, 0.2) is 0 Å². The van der Waals surface area contributed by atoms with Gasteiger partial charge in [0.2, 0.25) is 5.91 Å². The summed E-state index contributed by atoms with van der Waals surface area (Å²) in [6.07, 6.45) is 5.60. The number of hydrogen-bond acceptors (Lipinski definition) is 4. The van der Waals surface area contributed by atoms with Gasteiger partial charge in [0.25, 0.3) is 0 Å². The van der Waals surface area contributed by atoms with Gasteiger partial charge in [0, 0.05) is 26.2 Å². The minimum absolute atomic E-state index is 0.0300. The number of aliphatic hydroxyl groups is 1. The Balaban J connectivity index is 1.98. The number of carboxylic acids is 1. The Morgan fingerprint density at radius 2 is 1.76 bits per heavy atom. The van der Waals surface area contributed by atoms with E-state index < -0.39 is 17.8 Å². The molecule has 2 N–H and O–H groups in total. The van der Waals surface area contributed by atoms with Crippen molar-refractivity contribution in [3.8, 4) is 0 Å². The van der Waals surface area contributed by atoms with Crippen molar-refractivity contribution in [1.29, 1.82) is 0 Å². The molecule has 118 valence electrons. The number of nitrogens with zero attached hydrogens (tertiary/aromatic N) is 2. The van der Waals surface area contributed by atoms with Crippen molar-refractivity contribution < 1.29 is 19.8 Å². The first-order valence-corrected chi connectivity index (χ1v) is 7.63. The highest BCUT2D eigenvalue weighted by Crippen LogP contribution is 2.28. The van der Waals surface area contributed by atoms with Crippen LogP contribution in [-0.4, -0.2) is 71.2 Å². The maximum atomic E-state index is 12.6. The maximum Gasteiger partial charge on any atom is 0.307 e. The first kappa shape index (κ1) is 16.0. The van der Waals surface area contributed by atoms with Crippen molar-refractivity contribution in [2.24, 2.45) is 11.8 Å². The highest BCUT2D eigenvalue weighted by atomic mass is 16.4. The number of aliphatic hydroxyl groups excluding tert-OH is 1. The molecule has 21 heavy (non-hydrogen) atoms. The topological polar surface area (TPSA) is 81.1 Å². The van der Waals surface area contributed by atoms with Crippen LogP contribution in [-0.2, 0) is 9.59 Å². The number of carbonyl (C=O) groups excluding carboxylic acids is 1. The first-order valence-electron chi connectivity index (χ1n) is 7.63. The van der Waals surface area contributed by atoms with Crippen LogP contribution in [0, 0.1) is 11.8 Å². The quantitative estimate of drug-likeness (QED) is 0.723. The van der Waals surface area contributed by atoms with E-state index >= 15 is 0 Å². The molecule has 0 radical (unpaired) electrons. The van der Waals surface area contributed by atoms with Gasteiger partial charge in [-0.25, -0.2) is 0 Å². The highest BCUT2D eigenvalue weighted by Gasteiger charge is 2.36. The predicted molar refractivity (Wildman–Crippen MR) is 77.7 cm³/mol. The Kier molecular flexibility index (Phi) is 5.76. The summed E-state index contributed by atoms with van der Waals surface area (Å²) in [5.41, 5.74) is 0. The van der Waals surface area contributed by atoms with Gasteiger partial charge in [-0.1, -0.05) is 12.2 Å². The van der Waals surface area contributed by atoms with E-state index in [1.54, 1.807) is 4.90 Å². The number of allylic oxidation sites excluding steroid dienone is 2. The molecule has 0 aromatic rings. The summed E-state index contributed by atoms with van der Waals surface area (Å²) in [6.45, 7) is 3.66. The molecular formula is C15H24N2O4. The Morgan fingerprint density at radius 1 is 1.05 bits per heavy atom. The summed E-state index contributed by atoms with van der Waals surface area (Å²) in [7, 11) is 0. The zero-order valence-corrected chi connectivity index (χ0v) is 12.3. The Morgan fingerprint density at radius 3 is 2.43 bits per heavy atom. The van der Waals surface area contributed by atoms with Gasteiger partial charge in [-0.15, -0.1) is 0 Å². The number of carboxylic acid groups (broad SMARTS) is 1. The highest BCUT2D eigenvalue weighted by molar-refractivity contribution is 5.85. The smallest absolute Gasteiger partial charge is 0.307 e. The molecule has 0 aromatic heterocycles. The van der Waals surface area contributed by atoms with Crippen molar-refractivity contribution in [2.75, 3.05) is 39.3 Å². The molecule has 1 amide bonds. The van der Waals surface area contributed by atoms with Gasteiger partial charge < -0.3 is 15.1 Å². The van der Waals surface area contributed by atoms with Crippen molar-refractivity contribution in [3.63, 3.8) is 0 Å². The molecule has 6 heteroatoms. The fourth-order valence-corrected chi connectivity index (χ4v) is 3.15. The van der Waals surface area contributed by atoms with Crippen LogP contribution in [0.5, 0.6) is 0 Å². The van der Waals surface area contributed by atoms with Gasteiger partial charge in [-0.05, 0) is 25.8 Å². The number of carbonyl (C=O) groups is 2. The van der Waals surface area contributed by atoms with E-state index in [0.29, 0.717) is 32.5 Å². The van der Waals surface area contributed by atoms with E-state index in [1.807, 2.05) is 12.2 Å². The molecule has 2 aliphatic rings. The van der Waals surface area contributed by atoms with Gasteiger partial charge in [-0.3, -0.25) is 14.5 Å². The summed E-state index contributed by atoms with van der Waals surface area (Å²) < 4.78 is 0. The zero-order chi connectivity index (χ0) is 15.2. The maximum absolute atomic E-state index is 12.6. The molecule has 2 atom stereocenters. The Labute approximate surface area is 125 Å². The van der Waals surface area contributed by atoms with Crippen LogP contribution in [0.1, 0.15) is 19.3 Å². The summed E-state index contributed by atoms with van der Waals surface area (Å²) >= 11 is 0. The monoisotopic (exact) mass is 296 g/mol. The second kappa shape index (κ2) is 7.56. The van der Waals surface area contributed by atoms with Crippen LogP contribution in [0.4, 0.5) is 0 Å². The third-order valence-corrected chi connectivity index (χ3v) is 4.38. The molecule has 1 aliphatic carbocycles. The van der Waals surface area contributed by atoms with Gasteiger partial charge >= 0.3 is 5.97 Å². The minimum atomic E-state index is -0.880. The average molecular weight is 296 g/mol. The first-order chi connectivity index (χ1) is 10.1. The molecule has 1 heterocycles. The van der Waals surface area contributed by atoms with E-state index in [-0.39, 0.29) is 12.5 Å². The summed E-state index contributed by atoms with van der Waals surface area (Å²) in [6, 6.07) is 0. The van der Waals surface area contributed by atoms with Crippen LogP contribution >= 0.6 is 0 Å². The van der Waals surface area contributed by atoms with Crippen molar-refractivity contribution in [3.05, 3.63) is 12.2 Å². The lowest BCUT2D eigenvalue weighted by atomic mass is 9.82. The summed E-state index contributed by atoms with van der Waals surface area (Å²) in [4.78, 5) is 27.9. The molecule has 0 spiro atoms. The number of amides is 1. The third-order valence-electron chi connectivity index (χ3n) is 4.38. The molecule has 1 fully saturated rings. The lowest BCUT2D eigenvalue weighted by Crippen LogP contribution is -2.43. The van der Waals surface area contributed by atoms with Gasteiger partial charge in [-0.2, -0.15) is 0 Å². The molecule has 1 saturated heterocycles. The number of hydrogen-bond donors (Lipinski definition) is 2. The Hall–Kier alpha value is -1.40. The van der Waals surface area contributed by atoms with Crippen molar-refractivity contribution in [2.45, 2.75) is 19.3 Å². The molecule has 0 aromatic carbocycles. The second-order valence-corrected chi connectivity index (χ2v) is 5.74. The van der Waals surface area contributed by atoms with Crippen molar-refractivity contribution in [1.82, 2.24) is 9.80 Å². The number of aliphatic carboxylic acids is 1. The third kappa shape index (κ3) is 4.04.